The van der Waals surface area contributed by atoms with E-state index in [0.29, 0.717) is 22.6 Å². The topological polar surface area (TPSA) is 21.3 Å². The molecule has 0 unspecified atom stereocenters. The Labute approximate surface area is 132 Å². The second-order valence-electron chi connectivity index (χ2n) is 5.05. The lowest BCUT2D eigenvalue weighted by Crippen LogP contribution is -2.16. The molecule has 0 radical (unpaired) electrons. The zero-order chi connectivity index (χ0) is 15.0. The van der Waals surface area contributed by atoms with Gasteiger partial charge in [0.1, 0.15) is 5.75 Å². The molecule has 0 saturated heterocycles. The highest BCUT2D eigenvalue weighted by Crippen LogP contribution is 2.33. The van der Waals surface area contributed by atoms with Crippen molar-refractivity contribution in [3.63, 3.8) is 0 Å². The van der Waals surface area contributed by atoms with E-state index in [0.717, 1.165) is 43.7 Å². The third-order valence-corrected chi connectivity index (χ3v) is 3.94. The van der Waals surface area contributed by atoms with Gasteiger partial charge in [0.15, 0.2) is 0 Å². The van der Waals surface area contributed by atoms with Crippen molar-refractivity contribution >= 4 is 23.2 Å². The zero-order valence-electron chi connectivity index (χ0n) is 12.6. The van der Waals surface area contributed by atoms with Crippen LogP contribution in [0.25, 0.3) is 0 Å². The van der Waals surface area contributed by atoms with Crippen molar-refractivity contribution in [2.45, 2.75) is 46.6 Å². The largest absolute Gasteiger partial charge is 0.491 e. The maximum Gasteiger partial charge on any atom is 0.142 e. The van der Waals surface area contributed by atoms with Crippen molar-refractivity contribution in [1.29, 1.82) is 0 Å². The molecule has 0 aromatic heterocycles. The minimum atomic E-state index is 0.568. The van der Waals surface area contributed by atoms with Crippen LogP contribution in [0.15, 0.2) is 12.1 Å². The zero-order valence-corrected chi connectivity index (χ0v) is 14.2. The Balaban J connectivity index is 2.80. The van der Waals surface area contributed by atoms with Crippen LogP contribution in [0.1, 0.15) is 45.6 Å². The number of nitrogens with one attached hydrogen (secondary N) is 1. The fourth-order valence-electron chi connectivity index (χ4n) is 2.03. The van der Waals surface area contributed by atoms with Crippen LogP contribution < -0.4 is 10.1 Å². The lowest BCUT2D eigenvalue weighted by Gasteiger charge is -2.18. The van der Waals surface area contributed by atoms with Crippen LogP contribution in [-0.2, 0) is 6.54 Å². The smallest absolute Gasteiger partial charge is 0.142 e. The van der Waals surface area contributed by atoms with E-state index in [1.807, 2.05) is 6.07 Å². The highest BCUT2D eigenvalue weighted by molar-refractivity contribution is 6.35. The summed E-state index contributed by atoms with van der Waals surface area (Å²) in [5.74, 6) is 1.34. The van der Waals surface area contributed by atoms with Crippen molar-refractivity contribution < 1.29 is 4.74 Å². The molecule has 0 bridgehead atoms. The molecule has 114 valence electrons. The van der Waals surface area contributed by atoms with Crippen molar-refractivity contribution in [2.75, 3.05) is 13.2 Å². The second kappa shape index (κ2) is 9.49. The van der Waals surface area contributed by atoms with Crippen molar-refractivity contribution in [3.05, 3.63) is 27.7 Å². The normalized spacial score (nSPS) is 11.1. The first-order valence-electron chi connectivity index (χ1n) is 7.43. The summed E-state index contributed by atoms with van der Waals surface area (Å²) in [5.41, 5.74) is 1.03. The summed E-state index contributed by atoms with van der Waals surface area (Å²) in [5, 5.41) is 4.61. The maximum absolute atomic E-state index is 6.28. The fourth-order valence-corrected chi connectivity index (χ4v) is 2.62. The van der Waals surface area contributed by atoms with Gasteiger partial charge in [0.25, 0.3) is 0 Å². The Kier molecular flexibility index (Phi) is 8.35. The van der Waals surface area contributed by atoms with E-state index in [1.54, 1.807) is 6.07 Å². The second-order valence-corrected chi connectivity index (χ2v) is 5.89. The first-order valence-corrected chi connectivity index (χ1v) is 8.19. The monoisotopic (exact) mass is 317 g/mol. The van der Waals surface area contributed by atoms with Gasteiger partial charge in [-0.15, -0.1) is 0 Å². The molecule has 1 rings (SSSR count). The molecule has 0 spiro atoms. The highest BCUT2D eigenvalue weighted by Gasteiger charge is 2.13. The summed E-state index contributed by atoms with van der Waals surface area (Å²) in [6, 6.07) is 3.67. The molecular weight excluding hydrogens is 293 g/mol. The van der Waals surface area contributed by atoms with Crippen LogP contribution in [0.3, 0.4) is 0 Å². The van der Waals surface area contributed by atoms with Gasteiger partial charge in [-0.25, -0.2) is 0 Å². The van der Waals surface area contributed by atoms with Crippen LogP contribution >= 0.6 is 23.2 Å². The molecule has 0 saturated carbocycles. The van der Waals surface area contributed by atoms with Crippen LogP contribution in [0.2, 0.25) is 10.0 Å². The third-order valence-electron chi connectivity index (χ3n) is 3.45. The molecule has 0 aliphatic heterocycles. The standard InChI is InChI=1S/C16H25Cl2NO/c1-4-7-19-10-13-8-14(17)9-15(18)16(13)20-11-12(5-2)6-3/h8-9,12,19H,4-7,10-11H2,1-3H3. The van der Waals surface area contributed by atoms with Gasteiger partial charge in [0, 0.05) is 17.1 Å². The SMILES string of the molecule is CCCNCc1cc(Cl)cc(Cl)c1OCC(CC)CC. The molecule has 0 fully saturated rings. The molecule has 0 aliphatic carbocycles. The molecule has 2 nitrogen and oxygen atoms in total. The van der Waals surface area contributed by atoms with Gasteiger partial charge in [0.2, 0.25) is 0 Å². The predicted octanol–water partition coefficient (Wildman–Crippen LogP) is 5.31. The summed E-state index contributed by atoms with van der Waals surface area (Å²) in [6.07, 6.45) is 3.33. The number of halogens is 2. The number of rotatable bonds is 9. The van der Waals surface area contributed by atoms with Crippen LogP contribution in [0.4, 0.5) is 0 Å². The summed E-state index contributed by atoms with van der Waals surface area (Å²) in [7, 11) is 0. The molecule has 1 N–H and O–H groups in total. The van der Waals surface area contributed by atoms with Crippen LogP contribution in [0.5, 0.6) is 5.75 Å². The van der Waals surface area contributed by atoms with Gasteiger partial charge in [-0.1, -0.05) is 56.8 Å². The minimum absolute atomic E-state index is 0.568. The van der Waals surface area contributed by atoms with Crippen LogP contribution in [-0.4, -0.2) is 13.2 Å². The maximum atomic E-state index is 6.28. The molecule has 4 heteroatoms. The average Bonchev–Trinajstić information content (AvgIpc) is 2.42. The van der Waals surface area contributed by atoms with Gasteiger partial charge < -0.3 is 10.1 Å². The Morgan fingerprint density at radius 2 is 1.85 bits per heavy atom. The van der Waals surface area contributed by atoms with Gasteiger partial charge in [-0.2, -0.15) is 0 Å². The predicted molar refractivity (Wildman–Crippen MR) is 88.0 cm³/mol. The average molecular weight is 318 g/mol. The van der Waals surface area contributed by atoms with Crippen LogP contribution in [0, 0.1) is 5.92 Å². The van der Waals surface area contributed by atoms with E-state index in [1.165, 1.54) is 0 Å². The Morgan fingerprint density at radius 3 is 2.45 bits per heavy atom. The molecule has 0 aliphatic rings. The molecule has 0 amide bonds. The molecule has 0 heterocycles. The van der Waals surface area contributed by atoms with E-state index < -0.39 is 0 Å². The van der Waals surface area contributed by atoms with Crippen molar-refractivity contribution in [2.24, 2.45) is 5.92 Å². The van der Waals surface area contributed by atoms with E-state index in [-0.39, 0.29) is 0 Å². The van der Waals surface area contributed by atoms with Gasteiger partial charge >= 0.3 is 0 Å². The quantitative estimate of drug-likeness (QED) is 0.623. The summed E-state index contributed by atoms with van der Waals surface area (Å²) in [6.45, 7) is 8.91. The first kappa shape index (κ1) is 17.6. The van der Waals surface area contributed by atoms with Gasteiger partial charge in [0.05, 0.1) is 11.6 Å². The lowest BCUT2D eigenvalue weighted by atomic mass is 10.1. The molecule has 0 atom stereocenters. The van der Waals surface area contributed by atoms with E-state index in [4.69, 9.17) is 27.9 Å². The molecule has 1 aromatic rings. The number of hydrogen-bond donors (Lipinski definition) is 1. The lowest BCUT2D eigenvalue weighted by molar-refractivity contribution is 0.238. The van der Waals surface area contributed by atoms with E-state index in [9.17, 15) is 0 Å². The minimum Gasteiger partial charge on any atom is -0.491 e. The van der Waals surface area contributed by atoms with Gasteiger partial charge in [-0.05, 0) is 31.0 Å². The van der Waals surface area contributed by atoms with Crippen molar-refractivity contribution in [3.8, 4) is 5.75 Å². The first-order chi connectivity index (χ1) is 9.62. The Morgan fingerprint density at radius 1 is 1.15 bits per heavy atom. The highest BCUT2D eigenvalue weighted by atomic mass is 35.5. The van der Waals surface area contributed by atoms with Crippen molar-refractivity contribution in [1.82, 2.24) is 5.32 Å². The number of ether oxygens (including phenoxy) is 1. The molecule has 20 heavy (non-hydrogen) atoms. The fraction of sp³-hybridized carbons (Fsp3) is 0.625. The molecule has 1 aromatic carbocycles. The third kappa shape index (κ3) is 5.51. The van der Waals surface area contributed by atoms with E-state index in [2.05, 4.69) is 26.1 Å². The summed E-state index contributed by atoms with van der Waals surface area (Å²) in [4.78, 5) is 0. The molecular formula is C16H25Cl2NO. The summed E-state index contributed by atoms with van der Waals surface area (Å²) >= 11 is 12.4. The Bertz CT molecular complexity index is 406. The van der Waals surface area contributed by atoms with Gasteiger partial charge in [-0.3, -0.25) is 0 Å². The Hall–Kier alpha value is -0.440. The summed E-state index contributed by atoms with van der Waals surface area (Å²) < 4.78 is 5.97. The number of hydrogen-bond acceptors (Lipinski definition) is 2. The van der Waals surface area contributed by atoms with E-state index >= 15 is 0 Å². The number of benzene rings is 1.